The second kappa shape index (κ2) is 7.51. The molecule has 1 rings (SSSR count). The highest BCUT2D eigenvalue weighted by Gasteiger charge is 2.21. The fraction of sp³-hybridized carbons (Fsp3) is 0.533. The van der Waals surface area contributed by atoms with E-state index < -0.39 is 0 Å². The Hall–Kier alpha value is -1.06. The summed E-state index contributed by atoms with van der Waals surface area (Å²) in [5, 5.41) is 0. The van der Waals surface area contributed by atoms with Gasteiger partial charge in [-0.15, -0.1) is 11.6 Å². The molecule has 0 radical (unpaired) electrons. The number of aryl methyl sites for hydroxylation is 2. The Bertz CT molecular complexity index is 434. The highest BCUT2D eigenvalue weighted by atomic mass is 35.5. The summed E-state index contributed by atoms with van der Waals surface area (Å²) in [6.45, 7) is 6.56. The van der Waals surface area contributed by atoms with Crippen molar-refractivity contribution in [3.05, 3.63) is 29.3 Å². The normalized spacial score (nSPS) is 12.3. The zero-order chi connectivity index (χ0) is 14.4. The van der Waals surface area contributed by atoms with Gasteiger partial charge in [0.05, 0.1) is 12.6 Å². The summed E-state index contributed by atoms with van der Waals surface area (Å²) < 4.78 is 5.27. The van der Waals surface area contributed by atoms with E-state index in [1.54, 1.807) is 12.0 Å². The Labute approximate surface area is 120 Å². The summed E-state index contributed by atoms with van der Waals surface area (Å²) in [5.74, 6) is -0.108. The predicted molar refractivity (Wildman–Crippen MR) is 80.1 cm³/mol. The topological polar surface area (TPSA) is 29.5 Å². The Morgan fingerprint density at radius 1 is 1.47 bits per heavy atom. The number of anilines is 1. The van der Waals surface area contributed by atoms with Crippen molar-refractivity contribution in [3.8, 4) is 0 Å². The molecular weight excluding hydrogens is 262 g/mol. The van der Waals surface area contributed by atoms with Crippen molar-refractivity contribution in [1.82, 2.24) is 0 Å². The molecule has 0 N–H and O–H groups in total. The van der Waals surface area contributed by atoms with Gasteiger partial charge in [0.1, 0.15) is 5.88 Å². The zero-order valence-corrected chi connectivity index (χ0v) is 12.8. The number of alkyl halides is 1. The van der Waals surface area contributed by atoms with Gasteiger partial charge in [0.25, 0.3) is 0 Å². The lowest BCUT2D eigenvalue weighted by atomic mass is 10.0. The van der Waals surface area contributed by atoms with E-state index in [0.29, 0.717) is 6.54 Å². The first-order valence-corrected chi connectivity index (χ1v) is 7.06. The lowest BCUT2D eigenvalue weighted by molar-refractivity contribution is -0.116. The third-order valence-electron chi connectivity index (χ3n) is 3.23. The summed E-state index contributed by atoms with van der Waals surface area (Å²) in [6, 6.07) is 6.08. The maximum Gasteiger partial charge on any atom is 0.242 e. The van der Waals surface area contributed by atoms with Crippen molar-refractivity contribution in [2.75, 3.05) is 24.4 Å². The van der Waals surface area contributed by atoms with E-state index in [9.17, 15) is 4.79 Å². The molecule has 1 amide bonds. The van der Waals surface area contributed by atoms with Gasteiger partial charge in [-0.25, -0.2) is 0 Å². The summed E-state index contributed by atoms with van der Waals surface area (Å²) in [4.78, 5) is 13.9. The van der Waals surface area contributed by atoms with Crippen LogP contribution in [0.2, 0.25) is 0 Å². The van der Waals surface area contributed by atoms with Crippen LogP contribution >= 0.6 is 11.6 Å². The number of amides is 1. The molecule has 0 aliphatic carbocycles. The van der Waals surface area contributed by atoms with Crippen molar-refractivity contribution in [2.45, 2.75) is 33.3 Å². The number of methoxy groups -OCH3 is 1. The van der Waals surface area contributed by atoms with Crippen LogP contribution in [0.1, 0.15) is 25.0 Å². The summed E-state index contributed by atoms with van der Waals surface area (Å²) in [5.41, 5.74) is 3.21. The number of carbonyl (C=O) groups is 1. The van der Waals surface area contributed by atoms with Gasteiger partial charge in [-0.3, -0.25) is 4.79 Å². The highest BCUT2D eigenvalue weighted by Crippen LogP contribution is 2.26. The minimum atomic E-state index is -0.0884. The van der Waals surface area contributed by atoms with E-state index in [0.717, 1.165) is 23.2 Å². The predicted octanol–water partition coefficient (Wildman–Crippen LogP) is 3.16. The van der Waals surface area contributed by atoms with Crippen molar-refractivity contribution >= 4 is 23.2 Å². The smallest absolute Gasteiger partial charge is 0.242 e. The molecule has 0 saturated carbocycles. The van der Waals surface area contributed by atoms with E-state index in [2.05, 4.69) is 6.92 Å². The first-order chi connectivity index (χ1) is 9.04. The number of hydrogen-bond donors (Lipinski definition) is 0. The monoisotopic (exact) mass is 283 g/mol. The summed E-state index contributed by atoms with van der Waals surface area (Å²) >= 11 is 5.74. The Kier molecular flexibility index (Phi) is 6.32. The first-order valence-electron chi connectivity index (χ1n) is 6.52. The van der Waals surface area contributed by atoms with Gasteiger partial charge in [-0.1, -0.05) is 25.1 Å². The van der Waals surface area contributed by atoms with Crippen LogP contribution in [0.5, 0.6) is 0 Å². The number of hydrogen-bond acceptors (Lipinski definition) is 2. The summed E-state index contributed by atoms with van der Waals surface area (Å²) in [6.07, 6.45) is 0.848. The zero-order valence-electron chi connectivity index (χ0n) is 12.1. The molecule has 0 fully saturated rings. The molecule has 0 heterocycles. The Morgan fingerprint density at radius 2 is 2.16 bits per heavy atom. The van der Waals surface area contributed by atoms with Gasteiger partial charge < -0.3 is 9.64 Å². The fourth-order valence-electron chi connectivity index (χ4n) is 2.11. The Morgan fingerprint density at radius 3 is 2.68 bits per heavy atom. The van der Waals surface area contributed by atoms with Crippen LogP contribution in [0, 0.1) is 6.92 Å². The fourth-order valence-corrected chi connectivity index (χ4v) is 2.26. The first kappa shape index (κ1) is 16.0. The van der Waals surface area contributed by atoms with E-state index in [4.69, 9.17) is 16.3 Å². The minimum absolute atomic E-state index is 0.0199. The minimum Gasteiger partial charge on any atom is -0.380 e. The van der Waals surface area contributed by atoms with Crippen LogP contribution in [-0.2, 0) is 16.0 Å². The molecule has 1 aromatic rings. The number of halogens is 1. The molecule has 0 aromatic heterocycles. The average Bonchev–Trinajstić information content (AvgIpc) is 2.43. The van der Waals surface area contributed by atoms with Crippen LogP contribution in [-0.4, -0.2) is 31.5 Å². The molecule has 1 aromatic carbocycles. The SMILES string of the molecule is CCc1cccc(C)c1N(CC(C)OC)C(=O)CCl. The molecule has 0 saturated heterocycles. The number of benzene rings is 1. The lowest BCUT2D eigenvalue weighted by Crippen LogP contribution is -2.39. The van der Waals surface area contributed by atoms with Crippen molar-refractivity contribution in [2.24, 2.45) is 0 Å². The van der Waals surface area contributed by atoms with Crippen molar-refractivity contribution < 1.29 is 9.53 Å². The van der Waals surface area contributed by atoms with Gasteiger partial charge in [0.15, 0.2) is 0 Å². The molecule has 0 aliphatic heterocycles. The van der Waals surface area contributed by atoms with Gasteiger partial charge in [0.2, 0.25) is 5.91 Å². The van der Waals surface area contributed by atoms with Gasteiger partial charge in [0, 0.05) is 12.8 Å². The molecule has 0 bridgehead atoms. The number of rotatable bonds is 6. The van der Waals surface area contributed by atoms with E-state index in [-0.39, 0.29) is 17.9 Å². The Balaban J connectivity index is 3.20. The third kappa shape index (κ3) is 3.95. The number of ether oxygens (including phenoxy) is 1. The maximum atomic E-state index is 12.1. The number of carbonyl (C=O) groups excluding carboxylic acids is 1. The number of para-hydroxylation sites is 1. The summed E-state index contributed by atoms with van der Waals surface area (Å²) in [7, 11) is 1.65. The number of nitrogens with zero attached hydrogens (tertiary/aromatic N) is 1. The van der Waals surface area contributed by atoms with Gasteiger partial charge in [-0.05, 0) is 31.4 Å². The molecule has 0 spiro atoms. The molecule has 1 atom stereocenters. The molecule has 4 heteroatoms. The average molecular weight is 284 g/mol. The van der Waals surface area contributed by atoms with Crippen LogP contribution in [0.25, 0.3) is 0 Å². The van der Waals surface area contributed by atoms with Crippen LogP contribution in [0.15, 0.2) is 18.2 Å². The highest BCUT2D eigenvalue weighted by molar-refractivity contribution is 6.29. The van der Waals surface area contributed by atoms with Crippen LogP contribution < -0.4 is 4.90 Å². The van der Waals surface area contributed by atoms with E-state index in [1.807, 2.05) is 32.0 Å². The molecule has 1 unspecified atom stereocenters. The molecule has 19 heavy (non-hydrogen) atoms. The van der Waals surface area contributed by atoms with Crippen LogP contribution in [0.4, 0.5) is 5.69 Å². The van der Waals surface area contributed by atoms with Crippen LogP contribution in [0.3, 0.4) is 0 Å². The van der Waals surface area contributed by atoms with E-state index in [1.165, 1.54) is 0 Å². The molecule has 0 aliphatic rings. The molecule has 3 nitrogen and oxygen atoms in total. The largest absolute Gasteiger partial charge is 0.380 e. The molecule has 106 valence electrons. The second-order valence-corrected chi connectivity index (χ2v) is 4.89. The lowest BCUT2D eigenvalue weighted by Gasteiger charge is -2.28. The standard InChI is InChI=1S/C15H22ClNO2/c1-5-13-8-6-7-11(2)15(13)17(14(18)9-16)10-12(3)19-4/h6-8,12H,5,9-10H2,1-4H3. The maximum absolute atomic E-state index is 12.1. The molecular formula is C15H22ClNO2. The third-order valence-corrected chi connectivity index (χ3v) is 3.46. The quantitative estimate of drug-likeness (QED) is 0.751. The van der Waals surface area contributed by atoms with E-state index >= 15 is 0 Å². The van der Waals surface area contributed by atoms with Crippen molar-refractivity contribution in [1.29, 1.82) is 0 Å². The second-order valence-electron chi connectivity index (χ2n) is 4.62. The van der Waals surface area contributed by atoms with Gasteiger partial charge in [-0.2, -0.15) is 0 Å². The van der Waals surface area contributed by atoms with Gasteiger partial charge >= 0.3 is 0 Å². The van der Waals surface area contributed by atoms with Crippen molar-refractivity contribution in [3.63, 3.8) is 0 Å².